The summed E-state index contributed by atoms with van der Waals surface area (Å²) >= 11 is 0. The van der Waals surface area contributed by atoms with Crippen LogP contribution in [0, 0.1) is 0 Å². The number of hydroxylamine groups is 1. The number of ether oxygens (including phenoxy) is 1. The lowest BCUT2D eigenvalue weighted by atomic mass is 10.0. The van der Waals surface area contributed by atoms with Crippen LogP contribution in [-0.2, 0) is 14.4 Å². The molecule has 0 saturated carbocycles. The van der Waals surface area contributed by atoms with E-state index in [1.54, 1.807) is 0 Å². The summed E-state index contributed by atoms with van der Waals surface area (Å²) in [5, 5.41) is 0. The molecular weight excluding hydrogens is 398 g/mol. The van der Waals surface area contributed by atoms with Crippen LogP contribution < -0.4 is 5.48 Å². The highest BCUT2D eigenvalue weighted by atomic mass is 16.9. The molecule has 1 unspecified atom stereocenters. The van der Waals surface area contributed by atoms with E-state index in [0.717, 1.165) is 25.7 Å². The maximum Gasteiger partial charge on any atom is 0.311 e. The lowest BCUT2D eigenvalue weighted by Gasteiger charge is -2.11. The largest absolute Gasteiger partial charge is 0.415 e. The number of hydrogen-bond donors (Lipinski definition) is 1. The predicted octanol–water partition coefficient (Wildman–Crippen LogP) is 9.12. The van der Waals surface area contributed by atoms with Gasteiger partial charge in [-0.15, -0.1) is 5.48 Å². The molecule has 1 fully saturated rings. The normalized spacial score (nSPS) is 17.6. The molecule has 4 nitrogen and oxygen atoms in total. The quantitative estimate of drug-likeness (QED) is 0.0850. The van der Waals surface area contributed by atoms with Gasteiger partial charge >= 0.3 is 11.9 Å². The molecule has 0 amide bonds. The number of unbranched alkanes of at least 4 members (excludes halogenated alkanes) is 20. The third-order valence-electron chi connectivity index (χ3n) is 6.70. The number of nitrogens with one attached hydrogen (secondary N) is 1. The van der Waals surface area contributed by atoms with Crippen LogP contribution in [0.4, 0.5) is 0 Å². The molecule has 190 valence electrons. The van der Waals surface area contributed by atoms with Gasteiger partial charge in [-0.2, -0.15) is 0 Å². The van der Waals surface area contributed by atoms with Crippen LogP contribution in [0.3, 0.4) is 0 Å². The summed E-state index contributed by atoms with van der Waals surface area (Å²) in [6, 6.07) is 0. The van der Waals surface area contributed by atoms with Gasteiger partial charge < -0.3 is 4.74 Å². The molecule has 0 aromatic carbocycles. The van der Waals surface area contributed by atoms with Crippen molar-refractivity contribution in [3.8, 4) is 0 Å². The molecule has 1 saturated heterocycles. The van der Waals surface area contributed by atoms with Crippen molar-refractivity contribution < 1.29 is 14.4 Å². The fraction of sp³-hybridized carbons (Fsp3) is 0.964. The van der Waals surface area contributed by atoms with E-state index in [0.29, 0.717) is 6.42 Å². The minimum atomic E-state index is -0.797. The fourth-order valence-electron chi connectivity index (χ4n) is 4.44. The third-order valence-corrected chi connectivity index (χ3v) is 6.70. The van der Waals surface area contributed by atoms with Crippen LogP contribution in [-0.4, -0.2) is 11.9 Å². The van der Waals surface area contributed by atoms with Gasteiger partial charge in [-0.1, -0.05) is 142 Å². The molecule has 0 spiro atoms. The molecule has 0 aromatic rings. The van der Waals surface area contributed by atoms with Crippen LogP contribution in [0.5, 0.6) is 0 Å². The van der Waals surface area contributed by atoms with Crippen LogP contribution >= 0.6 is 0 Å². The first-order valence-corrected chi connectivity index (χ1v) is 14.4. The van der Waals surface area contributed by atoms with E-state index in [9.17, 15) is 4.79 Å². The van der Waals surface area contributed by atoms with Crippen molar-refractivity contribution in [2.45, 2.75) is 174 Å². The van der Waals surface area contributed by atoms with E-state index >= 15 is 0 Å². The lowest BCUT2D eigenvalue weighted by Crippen LogP contribution is -2.24. The second-order valence-electron chi connectivity index (χ2n) is 10.0. The average Bonchev–Trinajstić information content (AvgIpc) is 3.55. The van der Waals surface area contributed by atoms with Crippen LogP contribution in [0.25, 0.3) is 0 Å². The van der Waals surface area contributed by atoms with Crippen LogP contribution in [0.2, 0.25) is 0 Å². The van der Waals surface area contributed by atoms with Crippen molar-refractivity contribution in [2.24, 2.45) is 0 Å². The van der Waals surface area contributed by atoms with E-state index in [1.807, 2.05) is 0 Å². The van der Waals surface area contributed by atoms with Gasteiger partial charge in [0, 0.05) is 12.8 Å². The summed E-state index contributed by atoms with van der Waals surface area (Å²) in [5.74, 6) is -0.914. The summed E-state index contributed by atoms with van der Waals surface area (Å²) in [5.41, 5.74) is 2.81. The average molecular weight is 454 g/mol. The number of hydrogen-bond acceptors (Lipinski definition) is 4. The Morgan fingerprint density at radius 3 is 1.31 bits per heavy atom. The number of carbonyl (C=O) groups is 1. The summed E-state index contributed by atoms with van der Waals surface area (Å²) in [4.78, 5) is 17.4. The first-order chi connectivity index (χ1) is 15.7. The Bertz CT molecular complexity index is 423. The molecular formula is C28H55NO3. The van der Waals surface area contributed by atoms with Crippen molar-refractivity contribution >= 4 is 5.97 Å². The highest BCUT2D eigenvalue weighted by Crippen LogP contribution is 2.29. The Hall–Kier alpha value is -0.610. The van der Waals surface area contributed by atoms with Gasteiger partial charge in [0.2, 0.25) is 0 Å². The Morgan fingerprint density at radius 1 is 0.594 bits per heavy atom. The van der Waals surface area contributed by atoms with Crippen molar-refractivity contribution in [3.63, 3.8) is 0 Å². The van der Waals surface area contributed by atoms with E-state index in [-0.39, 0.29) is 5.97 Å². The standard InChI is InChI=1S/C28H55NO3/c1-3-5-7-9-11-13-15-17-19-21-23-25-27(30)31-28(29-32-28)26-24-22-20-18-16-14-12-10-8-6-4-2/h29H,3-26H2,1-2H3. The number of rotatable bonds is 25. The smallest absolute Gasteiger partial charge is 0.311 e. The summed E-state index contributed by atoms with van der Waals surface area (Å²) in [6.07, 6.45) is 30.0. The first-order valence-electron chi connectivity index (χ1n) is 14.4. The maximum atomic E-state index is 12.1. The van der Waals surface area contributed by atoms with Gasteiger partial charge in [-0.25, -0.2) is 4.84 Å². The molecule has 1 aliphatic heterocycles. The van der Waals surface area contributed by atoms with E-state index in [2.05, 4.69) is 19.3 Å². The van der Waals surface area contributed by atoms with E-state index < -0.39 is 5.91 Å². The Balaban J connectivity index is 1.85. The van der Waals surface area contributed by atoms with Gasteiger partial charge in [-0.3, -0.25) is 4.79 Å². The van der Waals surface area contributed by atoms with Crippen LogP contribution in [0.15, 0.2) is 0 Å². The topological polar surface area (TPSA) is 60.8 Å². The Morgan fingerprint density at radius 2 is 0.938 bits per heavy atom. The lowest BCUT2D eigenvalue weighted by molar-refractivity contribution is -0.160. The van der Waals surface area contributed by atoms with Crippen LogP contribution in [0.1, 0.15) is 168 Å². The fourth-order valence-corrected chi connectivity index (χ4v) is 4.44. The first kappa shape index (κ1) is 29.4. The summed E-state index contributed by atoms with van der Waals surface area (Å²) < 4.78 is 5.56. The minimum absolute atomic E-state index is 0.117. The second-order valence-corrected chi connectivity index (χ2v) is 10.0. The summed E-state index contributed by atoms with van der Waals surface area (Å²) in [7, 11) is 0. The zero-order valence-electron chi connectivity index (χ0n) is 21.7. The highest BCUT2D eigenvalue weighted by Gasteiger charge is 2.48. The second kappa shape index (κ2) is 21.0. The van der Waals surface area contributed by atoms with Gasteiger partial charge in [0.25, 0.3) is 0 Å². The van der Waals surface area contributed by atoms with Gasteiger partial charge in [0.05, 0.1) is 0 Å². The summed E-state index contributed by atoms with van der Waals surface area (Å²) in [6.45, 7) is 4.54. The molecule has 0 aliphatic carbocycles. The third kappa shape index (κ3) is 17.9. The number of carbonyl (C=O) groups excluding carboxylic acids is 1. The minimum Gasteiger partial charge on any atom is -0.415 e. The maximum absolute atomic E-state index is 12.1. The van der Waals surface area contributed by atoms with Gasteiger partial charge in [0.1, 0.15) is 0 Å². The van der Waals surface area contributed by atoms with Crippen molar-refractivity contribution in [1.82, 2.24) is 5.48 Å². The molecule has 1 aliphatic rings. The van der Waals surface area contributed by atoms with Crippen molar-refractivity contribution in [2.75, 3.05) is 0 Å². The molecule has 1 heterocycles. The van der Waals surface area contributed by atoms with E-state index in [1.165, 1.54) is 122 Å². The van der Waals surface area contributed by atoms with Gasteiger partial charge in [-0.05, 0) is 12.8 Å². The van der Waals surface area contributed by atoms with E-state index in [4.69, 9.17) is 9.57 Å². The molecule has 32 heavy (non-hydrogen) atoms. The zero-order chi connectivity index (χ0) is 23.2. The Labute approximate surface area is 199 Å². The monoisotopic (exact) mass is 453 g/mol. The molecule has 1 rings (SSSR count). The number of esters is 1. The predicted molar refractivity (Wildman–Crippen MR) is 135 cm³/mol. The van der Waals surface area contributed by atoms with Gasteiger partial charge in [0.15, 0.2) is 0 Å². The van der Waals surface area contributed by atoms with Crippen molar-refractivity contribution in [1.29, 1.82) is 0 Å². The molecule has 1 N–H and O–H groups in total. The van der Waals surface area contributed by atoms with Crippen molar-refractivity contribution in [3.05, 3.63) is 0 Å². The molecule has 0 aromatic heterocycles. The molecule has 1 atom stereocenters. The molecule has 0 bridgehead atoms. The SMILES string of the molecule is CCCCCCCCCCCCCC(=O)OC1(CCCCCCCCCCCCC)NO1. The Kier molecular flexibility index (Phi) is 19.3. The molecule has 4 heteroatoms. The molecule has 0 radical (unpaired) electrons. The highest BCUT2D eigenvalue weighted by molar-refractivity contribution is 5.69. The zero-order valence-corrected chi connectivity index (χ0v) is 21.7.